The van der Waals surface area contributed by atoms with Crippen LogP contribution in [-0.4, -0.2) is 15.9 Å². The monoisotopic (exact) mass is 243 g/mol. The van der Waals surface area contributed by atoms with Gasteiger partial charge in [-0.05, 0) is 25.0 Å². The van der Waals surface area contributed by atoms with Crippen LogP contribution < -0.4 is 10.9 Å². The van der Waals surface area contributed by atoms with Crippen LogP contribution in [0, 0.1) is 13.8 Å². The minimum atomic E-state index is -0.390. The van der Waals surface area contributed by atoms with Gasteiger partial charge in [-0.2, -0.15) is 0 Å². The predicted molar refractivity (Wildman–Crippen MR) is 68.7 cm³/mol. The third-order valence-corrected chi connectivity index (χ3v) is 2.63. The Morgan fingerprint density at radius 3 is 2.56 bits per heavy atom. The van der Waals surface area contributed by atoms with E-state index in [0.717, 1.165) is 16.8 Å². The van der Waals surface area contributed by atoms with Crippen LogP contribution in [0.1, 0.15) is 21.6 Å². The van der Waals surface area contributed by atoms with Crippen molar-refractivity contribution < 1.29 is 4.79 Å². The summed E-state index contributed by atoms with van der Waals surface area (Å²) in [4.78, 5) is 29.2. The van der Waals surface area contributed by atoms with Crippen molar-refractivity contribution in [3.8, 4) is 0 Å². The van der Waals surface area contributed by atoms with Crippen LogP contribution in [0.3, 0.4) is 0 Å². The molecule has 2 N–H and O–H groups in total. The Hall–Kier alpha value is -2.43. The summed E-state index contributed by atoms with van der Waals surface area (Å²) in [6, 6.07) is 6.91. The number of aromatic nitrogens is 2. The lowest BCUT2D eigenvalue weighted by molar-refractivity contribution is 0.102. The van der Waals surface area contributed by atoms with Crippen molar-refractivity contribution in [2.75, 3.05) is 5.32 Å². The van der Waals surface area contributed by atoms with E-state index in [1.807, 2.05) is 32.0 Å². The lowest BCUT2D eigenvalue weighted by atomic mass is 10.1. The number of carbonyl (C=O) groups is 1. The number of nitrogens with one attached hydrogen (secondary N) is 2. The molecule has 0 saturated heterocycles. The topological polar surface area (TPSA) is 74.8 Å². The Balaban J connectivity index is 2.30. The van der Waals surface area contributed by atoms with Gasteiger partial charge >= 0.3 is 0 Å². The van der Waals surface area contributed by atoms with E-state index in [9.17, 15) is 9.59 Å². The van der Waals surface area contributed by atoms with Crippen LogP contribution in [-0.2, 0) is 0 Å². The highest BCUT2D eigenvalue weighted by molar-refractivity contribution is 6.03. The average molecular weight is 243 g/mol. The van der Waals surface area contributed by atoms with Crippen molar-refractivity contribution in [3.05, 3.63) is 57.8 Å². The van der Waals surface area contributed by atoms with E-state index in [4.69, 9.17) is 0 Å². The van der Waals surface area contributed by atoms with Gasteiger partial charge in [0.25, 0.3) is 11.5 Å². The Morgan fingerprint density at radius 1 is 1.28 bits per heavy atom. The summed E-state index contributed by atoms with van der Waals surface area (Å²) >= 11 is 0. The van der Waals surface area contributed by atoms with Crippen LogP contribution in [0.4, 0.5) is 5.69 Å². The average Bonchev–Trinajstić information content (AvgIpc) is 2.34. The molecule has 0 bridgehead atoms. The van der Waals surface area contributed by atoms with Crippen molar-refractivity contribution in [1.82, 2.24) is 9.97 Å². The number of aromatic amines is 1. The molecule has 1 amide bonds. The number of rotatable bonds is 2. The molecule has 92 valence electrons. The van der Waals surface area contributed by atoms with Crippen LogP contribution >= 0.6 is 0 Å². The van der Waals surface area contributed by atoms with Gasteiger partial charge in [-0.25, -0.2) is 4.98 Å². The molecule has 0 spiro atoms. The molecule has 0 atom stereocenters. The molecule has 0 aliphatic carbocycles. The van der Waals surface area contributed by atoms with Crippen molar-refractivity contribution >= 4 is 11.6 Å². The number of H-pyrrole nitrogens is 1. The van der Waals surface area contributed by atoms with Crippen molar-refractivity contribution in [2.45, 2.75) is 13.8 Å². The summed E-state index contributed by atoms with van der Waals surface area (Å²) in [6.45, 7) is 3.82. The van der Waals surface area contributed by atoms with Gasteiger partial charge in [0.2, 0.25) is 0 Å². The molecule has 5 nitrogen and oxygen atoms in total. The maximum absolute atomic E-state index is 11.9. The normalized spacial score (nSPS) is 10.1. The zero-order valence-corrected chi connectivity index (χ0v) is 10.2. The van der Waals surface area contributed by atoms with Gasteiger partial charge in [0, 0.05) is 11.8 Å². The van der Waals surface area contributed by atoms with Crippen LogP contribution in [0.5, 0.6) is 0 Å². The van der Waals surface area contributed by atoms with E-state index in [1.54, 1.807) is 0 Å². The summed E-state index contributed by atoms with van der Waals surface area (Å²) in [6.07, 6.45) is 1.21. The van der Waals surface area contributed by atoms with Gasteiger partial charge in [-0.3, -0.25) is 9.59 Å². The molecule has 1 heterocycles. The molecule has 0 aliphatic heterocycles. The highest BCUT2D eigenvalue weighted by Crippen LogP contribution is 2.19. The Kier molecular flexibility index (Phi) is 3.23. The summed E-state index contributed by atoms with van der Waals surface area (Å²) in [5.41, 5.74) is 2.43. The number of hydrogen-bond donors (Lipinski definition) is 2. The summed E-state index contributed by atoms with van der Waals surface area (Å²) < 4.78 is 0. The quantitative estimate of drug-likeness (QED) is 0.842. The number of nitrogens with zero attached hydrogens (tertiary/aromatic N) is 1. The summed E-state index contributed by atoms with van der Waals surface area (Å²) in [5.74, 6) is -0.390. The smallest absolute Gasteiger partial charge is 0.274 e. The first-order chi connectivity index (χ1) is 8.58. The molecule has 0 fully saturated rings. The van der Waals surface area contributed by atoms with Gasteiger partial charge in [-0.15, -0.1) is 0 Å². The highest BCUT2D eigenvalue weighted by atomic mass is 16.2. The standard InChI is InChI=1S/C13H13N3O2/c1-8-4-3-5-9(2)12(8)16-13(18)10-6-11(17)15-7-14-10/h3-7H,1-2H3,(H,16,18)(H,14,15,17). The van der Waals surface area contributed by atoms with E-state index < -0.39 is 5.91 Å². The zero-order valence-electron chi connectivity index (χ0n) is 10.2. The Bertz CT molecular complexity index is 626. The first-order valence-corrected chi connectivity index (χ1v) is 5.50. The Labute approximate surface area is 104 Å². The first-order valence-electron chi connectivity index (χ1n) is 5.50. The molecule has 1 aromatic carbocycles. The number of amides is 1. The second-order valence-corrected chi connectivity index (χ2v) is 4.02. The third kappa shape index (κ3) is 2.45. The fourth-order valence-corrected chi connectivity index (χ4v) is 1.68. The molecule has 2 rings (SSSR count). The third-order valence-electron chi connectivity index (χ3n) is 2.63. The van der Waals surface area contributed by atoms with E-state index in [1.165, 1.54) is 12.4 Å². The van der Waals surface area contributed by atoms with Gasteiger partial charge < -0.3 is 10.3 Å². The van der Waals surface area contributed by atoms with Crippen molar-refractivity contribution in [2.24, 2.45) is 0 Å². The van der Waals surface area contributed by atoms with E-state index in [2.05, 4.69) is 15.3 Å². The minimum Gasteiger partial charge on any atom is -0.320 e. The lowest BCUT2D eigenvalue weighted by Crippen LogP contribution is -2.18. The molecule has 0 saturated carbocycles. The van der Waals surface area contributed by atoms with Crippen LogP contribution in [0.25, 0.3) is 0 Å². The lowest BCUT2D eigenvalue weighted by Gasteiger charge is -2.10. The van der Waals surface area contributed by atoms with Crippen LogP contribution in [0.2, 0.25) is 0 Å². The maximum atomic E-state index is 11.9. The van der Waals surface area contributed by atoms with Crippen LogP contribution in [0.15, 0.2) is 35.4 Å². The molecule has 2 aromatic rings. The van der Waals surface area contributed by atoms with Gasteiger partial charge in [0.05, 0.1) is 6.33 Å². The second kappa shape index (κ2) is 4.83. The SMILES string of the molecule is Cc1cccc(C)c1NC(=O)c1cc(=O)[nH]cn1. The van der Waals surface area contributed by atoms with Crippen molar-refractivity contribution in [3.63, 3.8) is 0 Å². The molecule has 5 heteroatoms. The van der Waals surface area contributed by atoms with E-state index >= 15 is 0 Å². The molecule has 0 aliphatic rings. The number of para-hydroxylation sites is 1. The molecule has 18 heavy (non-hydrogen) atoms. The fraction of sp³-hybridized carbons (Fsp3) is 0.154. The number of hydrogen-bond acceptors (Lipinski definition) is 3. The van der Waals surface area contributed by atoms with Crippen molar-refractivity contribution in [1.29, 1.82) is 0 Å². The maximum Gasteiger partial charge on any atom is 0.274 e. The summed E-state index contributed by atoms with van der Waals surface area (Å²) in [5, 5.41) is 2.77. The number of aryl methyl sites for hydroxylation is 2. The van der Waals surface area contributed by atoms with E-state index in [-0.39, 0.29) is 11.3 Å². The number of anilines is 1. The number of benzene rings is 1. The number of carbonyl (C=O) groups excluding carboxylic acids is 1. The second-order valence-electron chi connectivity index (χ2n) is 4.02. The summed E-state index contributed by atoms with van der Waals surface area (Å²) in [7, 11) is 0. The molecule has 1 aromatic heterocycles. The van der Waals surface area contributed by atoms with Gasteiger partial charge in [0.1, 0.15) is 5.69 Å². The largest absolute Gasteiger partial charge is 0.320 e. The fourth-order valence-electron chi connectivity index (χ4n) is 1.68. The minimum absolute atomic E-state index is 0.0985. The van der Waals surface area contributed by atoms with E-state index in [0.29, 0.717) is 0 Å². The first kappa shape index (κ1) is 12.0. The zero-order chi connectivity index (χ0) is 13.1. The van der Waals surface area contributed by atoms with Gasteiger partial charge in [0.15, 0.2) is 0 Å². The molecular formula is C13H13N3O2. The van der Waals surface area contributed by atoms with Gasteiger partial charge in [-0.1, -0.05) is 18.2 Å². The molecule has 0 unspecified atom stereocenters. The molecule has 0 radical (unpaired) electrons. The molecular weight excluding hydrogens is 230 g/mol. The predicted octanol–water partition coefficient (Wildman–Crippen LogP) is 1.64. The highest BCUT2D eigenvalue weighted by Gasteiger charge is 2.10. The Morgan fingerprint density at radius 2 is 1.94 bits per heavy atom.